The topological polar surface area (TPSA) is 30.2 Å². The van der Waals surface area contributed by atoms with Gasteiger partial charge < -0.3 is 4.42 Å². The molecule has 0 aliphatic heterocycles. The molecule has 0 aliphatic rings. The van der Waals surface area contributed by atoms with E-state index >= 15 is 0 Å². The maximum atomic E-state index is 13.6. The van der Waals surface area contributed by atoms with Crippen LogP contribution in [0.15, 0.2) is 40.8 Å². The molecule has 1 heterocycles. The first-order chi connectivity index (χ1) is 9.97. The highest BCUT2D eigenvalue weighted by molar-refractivity contribution is 6.10. The number of benzene rings is 2. The Labute approximate surface area is 122 Å². The van der Waals surface area contributed by atoms with Gasteiger partial charge in [0, 0.05) is 16.5 Å². The minimum absolute atomic E-state index is 0.277. The van der Waals surface area contributed by atoms with Crippen LogP contribution in [0.3, 0.4) is 0 Å². The summed E-state index contributed by atoms with van der Waals surface area (Å²) in [6.45, 7) is 5.50. The van der Waals surface area contributed by atoms with E-state index in [1.54, 1.807) is 19.1 Å². The van der Waals surface area contributed by atoms with Crippen molar-refractivity contribution in [1.29, 1.82) is 0 Å². The molecule has 0 aliphatic carbocycles. The van der Waals surface area contributed by atoms with Gasteiger partial charge in [0.25, 0.3) is 0 Å². The summed E-state index contributed by atoms with van der Waals surface area (Å²) in [4.78, 5) is 12.5. The SMILES string of the molecule is Cc1ccc2oc(C(=O)c3ccc(C)c(F)c3)c(C)c2c1. The fraction of sp³-hybridized carbons (Fsp3) is 0.167. The summed E-state index contributed by atoms with van der Waals surface area (Å²) in [7, 11) is 0. The van der Waals surface area contributed by atoms with E-state index in [1.807, 2.05) is 32.0 Å². The van der Waals surface area contributed by atoms with E-state index < -0.39 is 0 Å². The van der Waals surface area contributed by atoms with Crippen LogP contribution in [0.25, 0.3) is 11.0 Å². The van der Waals surface area contributed by atoms with Crippen molar-refractivity contribution in [1.82, 2.24) is 0 Å². The smallest absolute Gasteiger partial charge is 0.228 e. The lowest BCUT2D eigenvalue weighted by molar-refractivity contribution is 0.101. The van der Waals surface area contributed by atoms with Gasteiger partial charge in [-0.2, -0.15) is 0 Å². The third kappa shape index (κ3) is 2.25. The lowest BCUT2D eigenvalue weighted by Gasteiger charge is -2.01. The Balaban J connectivity index is 2.13. The predicted molar refractivity (Wildman–Crippen MR) is 80.3 cm³/mol. The molecule has 0 bridgehead atoms. The van der Waals surface area contributed by atoms with Crippen LogP contribution in [-0.2, 0) is 0 Å². The van der Waals surface area contributed by atoms with E-state index in [1.165, 1.54) is 6.07 Å². The number of ketones is 1. The number of furan rings is 1. The summed E-state index contributed by atoms with van der Waals surface area (Å²) in [6, 6.07) is 10.3. The van der Waals surface area contributed by atoms with Crippen molar-refractivity contribution in [3.8, 4) is 0 Å². The fourth-order valence-electron chi connectivity index (χ4n) is 2.42. The van der Waals surface area contributed by atoms with Crippen LogP contribution in [0.1, 0.15) is 32.8 Å². The summed E-state index contributed by atoms with van der Waals surface area (Å²) in [5.74, 6) is -0.399. The molecule has 21 heavy (non-hydrogen) atoms. The van der Waals surface area contributed by atoms with Crippen LogP contribution in [0.5, 0.6) is 0 Å². The van der Waals surface area contributed by atoms with Gasteiger partial charge in [0.1, 0.15) is 11.4 Å². The van der Waals surface area contributed by atoms with Crippen molar-refractivity contribution in [2.75, 3.05) is 0 Å². The summed E-state index contributed by atoms with van der Waals surface area (Å²) < 4.78 is 19.3. The maximum absolute atomic E-state index is 13.6. The zero-order chi connectivity index (χ0) is 15.1. The fourth-order valence-corrected chi connectivity index (χ4v) is 2.42. The number of aryl methyl sites for hydroxylation is 3. The minimum Gasteiger partial charge on any atom is -0.452 e. The summed E-state index contributed by atoms with van der Waals surface area (Å²) in [5, 5.41) is 0.922. The Morgan fingerprint density at radius 2 is 1.81 bits per heavy atom. The standard InChI is InChI=1S/C18H15FO2/c1-10-4-7-16-14(8-10)12(3)18(21-16)17(20)13-6-5-11(2)15(19)9-13/h4-9H,1-3H3. The lowest BCUT2D eigenvalue weighted by Crippen LogP contribution is -2.02. The molecule has 3 aromatic rings. The monoisotopic (exact) mass is 282 g/mol. The molecular formula is C18H15FO2. The van der Waals surface area contributed by atoms with Crippen molar-refractivity contribution in [3.63, 3.8) is 0 Å². The summed E-state index contributed by atoms with van der Waals surface area (Å²) in [6.07, 6.45) is 0. The van der Waals surface area contributed by atoms with Gasteiger partial charge in [-0.05, 0) is 44.5 Å². The molecule has 0 fully saturated rings. The molecule has 0 N–H and O–H groups in total. The molecule has 0 amide bonds. The number of carbonyl (C=O) groups excluding carboxylic acids is 1. The third-order valence-electron chi connectivity index (χ3n) is 3.73. The molecule has 106 valence electrons. The highest BCUT2D eigenvalue weighted by atomic mass is 19.1. The van der Waals surface area contributed by atoms with Gasteiger partial charge in [-0.1, -0.05) is 23.8 Å². The average molecular weight is 282 g/mol. The van der Waals surface area contributed by atoms with Gasteiger partial charge in [-0.15, -0.1) is 0 Å². The number of hydrogen-bond donors (Lipinski definition) is 0. The van der Waals surface area contributed by atoms with Crippen LogP contribution < -0.4 is 0 Å². The van der Waals surface area contributed by atoms with Crippen molar-refractivity contribution in [2.45, 2.75) is 20.8 Å². The zero-order valence-corrected chi connectivity index (χ0v) is 12.2. The van der Waals surface area contributed by atoms with Gasteiger partial charge in [0.15, 0.2) is 5.76 Å². The van der Waals surface area contributed by atoms with E-state index in [4.69, 9.17) is 4.42 Å². The molecule has 0 unspecified atom stereocenters. The molecular weight excluding hydrogens is 267 g/mol. The second-order valence-corrected chi connectivity index (χ2v) is 5.35. The van der Waals surface area contributed by atoms with Gasteiger partial charge in [-0.3, -0.25) is 4.79 Å². The lowest BCUT2D eigenvalue weighted by atomic mass is 10.0. The maximum Gasteiger partial charge on any atom is 0.228 e. The summed E-state index contributed by atoms with van der Waals surface area (Å²) in [5.41, 5.74) is 3.39. The molecule has 2 aromatic carbocycles. The van der Waals surface area contributed by atoms with E-state index in [0.29, 0.717) is 16.7 Å². The van der Waals surface area contributed by atoms with Crippen molar-refractivity contribution in [3.05, 3.63) is 70.2 Å². The van der Waals surface area contributed by atoms with E-state index in [0.717, 1.165) is 16.5 Å². The molecule has 3 heteroatoms. The average Bonchev–Trinajstić information content (AvgIpc) is 2.78. The molecule has 0 atom stereocenters. The Bertz CT molecular complexity index is 859. The Morgan fingerprint density at radius 3 is 2.52 bits per heavy atom. The van der Waals surface area contributed by atoms with Crippen LogP contribution in [0, 0.1) is 26.6 Å². The second-order valence-electron chi connectivity index (χ2n) is 5.35. The van der Waals surface area contributed by atoms with Crippen molar-refractivity contribution >= 4 is 16.8 Å². The summed E-state index contributed by atoms with van der Waals surface area (Å²) >= 11 is 0. The Kier molecular flexibility index (Phi) is 3.13. The highest BCUT2D eigenvalue weighted by Gasteiger charge is 2.20. The van der Waals surface area contributed by atoms with Crippen molar-refractivity contribution < 1.29 is 13.6 Å². The van der Waals surface area contributed by atoms with E-state index in [-0.39, 0.29) is 17.4 Å². The second kappa shape index (κ2) is 4.85. The minimum atomic E-state index is -0.384. The van der Waals surface area contributed by atoms with Gasteiger partial charge in [0.2, 0.25) is 5.78 Å². The first kappa shape index (κ1) is 13.6. The zero-order valence-electron chi connectivity index (χ0n) is 12.2. The Morgan fingerprint density at radius 1 is 1.05 bits per heavy atom. The molecule has 0 saturated carbocycles. The van der Waals surface area contributed by atoms with Gasteiger partial charge in [0.05, 0.1) is 0 Å². The molecule has 2 nitrogen and oxygen atoms in total. The van der Waals surface area contributed by atoms with Crippen LogP contribution >= 0.6 is 0 Å². The number of fused-ring (bicyclic) bond motifs is 1. The first-order valence-corrected chi connectivity index (χ1v) is 6.78. The Hall–Kier alpha value is -2.42. The number of hydrogen-bond acceptors (Lipinski definition) is 2. The largest absolute Gasteiger partial charge is 0.452 e. The van der Waals surface area contributed by atoms with Crippen LogP contribution in [0.2, 0.25) is 0 Å². The van der Waals surface area contributed by atoms with E-state index in [2.05, 4.69) is 0 Å². The van der Waals surface area contributed by atoms with Crippen molar-refractivity contribution in [2.24, 2.45) is 0 Å². The van der Waals surface area contributed by atoms with E-state index in [9.17, 15) is 9.18 Å². The number of carbonyl (C=O) groups is 1. The molecule has 0 saturated heterocycles. The molecule has 3 rings (SSSR count). The molecule has 0 radical (unpaired) electrons. The first-order valence-electron chi connectivity index (χ1n) is 6.78. The van der Waals surface area contributed by atoms with Gasteiger partial charge >= 0.3 is 0 Å². The molecule has 1 aromatic heterocycles. The normalized spacial score (nSPS) is 11.0. The highest BCUT2D eigenvalue weighted by Crippen LogP contribution is 2.28. The molecule has 0 spiro atoms. The predicted octanol–water partition coefficient (Wildman–Crippen LogP) is 4.73. The number of rotatable bonds is 2. The quantitative estimate of drug-likeness (QED) is 0.636. The number of halogens is 1. The van der Waals surface area contributed by atoms with Gasteiger partial charge in [-0.25, -0.2) is 4.39 Å². The third-order valence-corrected chi connectivity index (χ3v) is 3.73. The van der Waals surface area contributed by atoms with Crippen LogP contribution in [-0.4, -0.2) is 5.78 Å². The van der Waals surface area contributed by atoms with Crippen LogP contribution in [0.4, 0.5) is 4.39 Å².